The number of hydrogen-bond donors (Lipinski definition) is 2. The highest BCUT2D eigenvalue weighted by Gasteiger charge is 2.19. The minimum absolute atomic E-state index is 0. The van der Waals surface area contributed by atoms with E-state index < -0.39 is 0 Å². The van der Waals surface area contributed by atoms with Gasteiger partial charge in [0.05, 0.1) is 5.02 Å². The molecular weight excluding hydrogens is 287 g/mol. The second kappa shape index (κ2) is 6.28. The van der Waals surface area contributed by atoms with E-state index >= 15 is 0 Å². The van der Waals surface area contributed by atoms with Gasteiger partial charge in [0.15, 0.2) is 11.3 Å². The maximum atomic E-state index is 12.0. The third kappa shape index (κ3) is 3.03. The topological polar surface area (TPSA) is 68.3 Å². The van der Waals surface area contributed by atoms with E-state index in [9.17, 15) is 4.79 Å². The fourth-order valence-electron chi connectivity index (χ4n) is 1.77. The summed E-state index contributed by atoms with van der Waals surface area (Å²) in [5, 5.41) is 4.12. The lowest BCUT2D eigenvalue weighted by Gasteiger charge is -2.09. The quantitative estimate of drug-likeness (QED) is 0.916. The molecule has 0 saturated heterocycles. The molecule has 0 bridgehead atoms. The van der Waals surface area contributed by atoms with Gasteiger partial charge in [-0.3, -0.25) is 4.79 Å². The number of halogens is 2. The van der Waals surface area contributed by atoms with Crippen molar-refractivity contribution < 1.29 is 9.21 Å². The lowest BCUT2D eigenvalue weighted by atomic mass is 10.1. The second-order valence-electron chi connectivity index (χ2n) is 4.28. The van der Waals surface area contributed by atoms with Crippen LogP contribution in [0.5, 0.6) is 0 Å². The van der Waals surface area contributed by atoms with Crippen LogP contribution in [0.25, 0.3) is 11.0 Å². The Bertz CT molecular complexity index is 596. The van der Waals surface area contributed by atoms with Gasteiger partial charge in [-0.05, 0) is 19.9 Å². The molecule has 104 valence electrons. The van der Waals surface area contributed by atoms with Crippen LogP contribution in [-0.2, 0) is 0 Å². The van der Waals surface area contributed by atoms with Crippen LogP contribution in [0.1, 0.15) is 23.0 Å². The number of para-hydroxylation sites is 1. The number of furan rings is 1. The summed E-state index contributed by atoms with van der Waals surface area (Å²) >= 11 is 6.03. The van der Waals surface area contributed by atoms with Gasteiger partial charge in [0.1, 0.15) is 0 Å². The van der Waals surface area contributed by atoms with Gasteiger partial charge in [-0.2, -0.15) is 0 Å². The molecule has 0 radical (unpaired) electrons. The van der Waals surface area contributed by atoms with Crippen LogP contribution in [0.3, 0.4) is 0 Å². The zero-order valence-corrected chi connectivity index (χ0v) is 12.3. The molecule has 1 amide bonds. The fraction of sp³-hybridized carbons (Fsp3) is 0.308. The number of benzene rings is 1. The SMILES string of the molecule is Cc1c(C(=O)N[C@@H](C)CN)oc2c(Cl)cccc12.Cl. The number of fused-ring (bicyclic) bond motifs is 1. The molecule has 3 N–H and O–H groups in total. The van der Waals surface area contributed by atoms with Gasteiger partial charge >= 0.3 is 0 Å². The van der Waals surface area contributed by atoms with Crippen molar-refractivity contribution in [1.29, 1.82) is 0 Å². The maximum Gasteiger partial charge on any atom is 0.287 e. The normalized spacial score (nSPS) is 12.0. The summed E-state index contributed by atoms with van der Waals surface area (Å²) in [6.45, 7) is 4.05. The van der Waals surface area contributed by atoms with Gasteiger partial charge < -0.3 is 15.5 Å². The molecule has 1 atom stereocenters. The molecule has 0 unspecified atom stereocenters. The van der Waals surface area contributed by atoms with E-state index in [0.29, 0.717) is 22.9 Å². The molecule has 0 saturated carbocycles. The summed E-state index contributed by atoms with van der Waals surface area (Å²) in [6, 6.07) is 5.35. The Labute approximate surface area is 122 Å². The van der Waals surface area contributed by atoms with Gasteiger partial charge in [0, 0.05) is 23.5 Å². The van der Waals surface area contributed by atoms with E-state index in [1.165, 1.54) is 0 Å². The Morgan fingerprint density at radius 3 is 2.79 bits per heavy atom. The van der Waals surface area contributed by atoms with Crippen LogP contribution in [0.4, 0.5) is 0 Å². The predicted octanol–water partition coefficient (Wildman–Crippen LogP) is 2.89. The standard InChI is InChI=1S/C13H15ClN2O2.ClH/c1-7(6-15)16-13(17)11-8(2)9-4-3-5-10(14)12(9)18-11;/h3-5,7H,6,15H2,1-2H3,(H,16,17);1H/t7-;/m0./s1. The zero-order chi connectivity index (χ0) is 13.3. The van der Waals surface area contributed by atoms with Crippen molar-refractivity contribution in [3.8, 4) is 0 Å². The van der Waals surface area contributed by atoms with Gasteiger partial charge in [-0.15, -0.1) is 12.4 Å². The third-order valence-electron chi connectivity index (χ3n) is 2.85. The first-order chi connectivity index (χ1) is 8.54. The average Bonchev–Trinajstić information content (AvgIpc) is 2.69. The summed E-state index contributed by atoms with van der Waals surface area (Å²) < 4.78 is 5.55. The Morgan fingerprint density at radius 1 is 1.53 bits per heavy atom. The zero-order valence-electron chi connectivity index (χ0n) is 10.7. The number of nitrogens with one attached hydrogen (secondary N) is 1. The molecule has 6 heteroatoms. The van der Waals surface area contributed by atoms with Gasteiger partial charge in [0.25, 0.3) is 5.91 Å². The maximum absolute atomic E-state index is 12.0. The summed E-state index contributed by atoms with van der Waals surface area (Å²) in [4.78, 5) is 12.0. The first-order valence-corrected chi connectivity index (χ1v) is 6.11. The molecule has 2 aromatic rings. The highest BCUT2D eigenvalue weighted by molar-refractivity contribution is 6.35. The van der Waals surface area contributed by atoms with Crippen molar-refractivity contribution in [1.82, 2.24) is 5.32 Å². The number of rotatable bonds is 3. The molecule has 1 aromatic heterocycles. The van der Waals surface area contributed by atoms with Crippen LogP contribution in [0.15, 0.2) is 22.6 Å². The summed E-state index contributed by atoms with van der Waals surface area (Å²) in [5.74, 6) is 0.0242. The summed E-state index contributed by atoms with van der Waals surface area (Å²) in [6.07, 6.45) is 0. The molecule has 1 aromatic carbocycles. The van der Waals surface area contributed by atoms with E-state index in [1.54, 1.807) is 6.07 Å². The largest absolute Gasteiger partial charge is 0.449 e. The van der Waals surface area contributed by atoms with E-state index in [2.05, 4.69) is 5.32 Å². The molecule has 4 nitrogen and oxygen atoms in total. The van der Waals surface area contributed by atoms with Gasteiger partial charge in [0.2, 0.25) is 0 Å². The molecule has 1 heterocycles. The highest BCUT2D eigenvalue weighted by Crippen LogP contribution is 2.30. The first-order valence-electron chi connectivity index (χ1n) is 5.73. The van der Waals surface area contributed by atoms with Crippen LogP contribution < -0.4 is 11.1 Å². The lowest BCUT2D eigenvalue weighted by molar-refractivity contribution is 0.0914. The molecule has 0 spiro atoms. The molecular formula is C13H16Cl2N2O2. The number of carbonyl (C=O) groups excluding carboxylic acids is 1. The van der Waals surface area contributed by atoms with Crippen LogP contribution in [0, 0.1) is 6.92 Å². The fourth-order valence-corrected chi connectivity index (χ4v) is 1.99. The molecule has 0 aliphatic carbocycles. The Morgan fingerprint density at radius 2 is 2.21 bits per heavy atom. The molecule has 0 fully saturated rings. The highest BCUT2D eigenvalue weighted by atomic mass is 35.5. The van der Waals surface area contributed by atoms with E-state index in [0.717, 1.165) is 10.9 Å². The number of amides is 1. The number of nitrogens with two attached hydrogens (primary N) is 1. The Hall–Kier alpha value is -1.23. The summed E-state index contributed by atoms with van der Waals surface area (Å²) in [5.41, 5.74) is 6.80. The van der Waals surface area contributed by atoms with Crippen molar-refractivity contribution >= 4 is 40.9 Å². The summed E-state index contributed by atoms with van der Waals surface area (Å²) in [7, 11) is 0. The van der Waals surface area contributed by atoms with Crippen molar-refractivity contribution in [2.45, 2.75) is 19.9 Å². The number of aryl methyl sites for hydroxylation is 1. The monoisotopic (exact) mass is 302 g/mol. The van der Waals surface area contributed by atoms with E-state index in [-0.39, 0.29) is 24.4 Å². The minimum Gasteiger partial charge on any atom is -0.449 e. The smallest absolute Gasteiger partial charge is 0.287 e. The van der Waals surface area contributed by atoms with Gasteiger partial charge in [-0.25, -0.2) is 0 Å². The van der Waals surface area contributed by atoms with Crippen LogP contribution in [0.2, 0.25) is 5.02 Å². The van der Waals surface area contributed by atoms with E-state index in [4.69, 9.17) is 21.8 Å². The lowest BCUT2D eigenvalue weighted by Crippen LogP contribution is -2.37. The van der Waals surface area contributed by atoms with Crippen LogP contribution in [-0.4, -0.2) is 18.5 Å². The van der Waals surface area contributed by atoms with Crippen molar-refractivity contribution in [3.63, 3.8) is 0 Å². The van der Waals surface area contributed by atoms with Crippen molar-refractivity contribution in [3.05, 3.63) is 34.5 Å². The minimum atomic E-state index is -0.266. The van der Waals surface area contributed by atoms with Crippen molar-refractivity contribution in [2.75, 3.05) is 6.54 Å². The van der Waals surface area contributed by atoms with Gasteiger partial charge in [-0.1, -0.05) is 23.7 Å². The Balaban J connectivity index is 0.00000180. The average molecular weight is 303 g/mol. The van der Waals surface area contributed by atoms with Crippen LogP contribution >= 0.6 is 24.0 Å². The predicted molar refractivity (Wildman–Crippen MR) is 79.2 cm³/mol. The molecule has 0 aliphatic rings. The number of hydrogen-bond acceptors (Lipinski definition) is 3. The Kier molecular flexibility index (Phi) is 5.23. The second-order valence-corrected chi connectivity index (χ2v) is 4.69. The molecule has 19 heavy (non-hydrogen) atoms. The third-order valence-corrected chi connectivity index (χ3v) is 3.15. The first kappa shape index (κ1) is 15.8. The molecule has 2 rings (SSSR count). The van der Waals surface area contributed by atoms with Crippen molar-refractivity contribution in [2.24, 2.45) is 5.73 Å². The van der Waals surface area contributed by atoms with E-state index in [1.807, 2.05) is 26.0 Å². The number of carbonyl (C=O) groups is 1. The molecule has 0 aliphatic heterocycles.